The molecule has 30 heavy (non-hydrogen) atoms. The molecule has 4 aromatic rings. The number of nitrogens with zero attached hydrogens (tertiary/aromatic N) is 2. The van der Waals surface area contributed by atoms with Gasteiger partial charge in [-0.1, -0.05) is 35.9 Å². The minimum Gasteiger partial charge on any atom is -0.494 e. The van der Waals surface area contributed by atoms with Gasteiger partial charge in [0.2, 0.25) is 0 Å². The Balaban J connectivity index is 1.47. The number of aromatic nitrogens is 2. The second kappa shape index (κ2) is 8.84. The molecule has 0 radical (unpaired) electrons. The van der Waals surface area contributed by atoms with E-state index in [1.165, 1.54) is 28.0 Å². The first-order chi connectivity index (χ1) is 14.5. The van der Waals surface area contributed by atoms with Crippen molar-refractivity contribution in [3.63, 3.8) is 0 Å². The van der Waals surface area contributed by atoms with Gasteiger partial charge in [0.15, 0.2) is 0 Å². The van der Waals surface area contributed by atoms with Crippen LogP contribution in [0.2, 0.25) is 0 Å². The van der Waals surface area contributed by atoms with E-state index in [9.17, 15) is 4.79 Å². The molecule has 0 bridgehead atoms. The van der Waals surface area contributed by atoms with Crippen LogP contribution in [0.5, 0.6) is 5.75 Å². The van der Waals surface area contributed by atoms with Crippen molar-refractivity contribution in [3.8, 4) is 16.9 Å². The number of unbranched alkanes of at least 4 members (excludes halogenated alkanes) is 1. The first-order valence-electron chi connectivity index (χ1n) is 10.3. The van der Waals surface area contributed by atoms with Crippen molar-refractivity contribution in [2.45, 2.75) is 40.2 Å². The lowest BCUT2D eigenvalue weighted by atomic mass is 9.99. The van der Waals surface area contributed by atoms with Crippen molar-refractivity contribution in [3.05, 3.63) is 81.2 Å². The Bertz CT molecular complexity index is 1240. The lowest BCUT2D eigenvalue weighted by molar-refractivity contribution is 0.302. The summed E-state index contributed by atoms with van der Waals surface area (Å²) < 4.78 is 7.54. The summed E-state index contributed by atoms with van der Waals surface area (Å²) in [5.41, 5.74) is 5.72. The van der Waals surface area contributed by atoms with Gasteiger partial charge in [-0.2, -0.15) is 0 Å². The molecule has 2 aromatic heterocycles. The molecule has 5 heteroatoms. The fourth-order valence-corrected chi connectivity index (χ4v) is 4.62. The van der Waals surface area contributed by atoms with Crippen LogP contribution in [0.3, 0.4) is 0 Å². The van der Waals surface area contributed by atoms with E-state index in [0.29, 0.717) is 13.2 Å². The predicted octanol–water partition coefficient (Wildman–Crippen LogP) is 5.91. The number of hydrogen-bond acceptors (Lipinski definition) is 4. The molecule has 0 fully saturated rings. The van der Waals surface area contributed by atoms with Crippen LogP contribution in [0.15, 0.2) is 59.0 Å². The van der Waals surface area contributed by atoms with Gasteiger partial charge < -0.3 is 4.74 Å². The predicted molar refractivity (Wildman–Crippen MR) is 125 cm³/mol. The topological polar surface area (TPSA) is 44.1 Å². The highest BCUT2D eigenvalue weighted by Gasteiger charge is 2.14. The van der Waals surface area contributed by atoms with Gasteiger partial charge in [0.05, 0.1) is 18.3 Å². The summed E-state index contributed by atoms with van der Waals surface area (Å²) in [6.07, 6.45) is 3.42. The van der Waals surface area contributed by atoms with E-state index in [1.807, 2.05) is 18.2 Å². The summed E-state index contributed by atoms with van der Waals surface area (Å²) in [6.45, 7) is 7.51. The van der Waals surface area contributed by atoms with E-state index in [0.717, 1.165) is 39.9 Å². The van der Waals surface area contributed by atoms with E-state index in [1.54, 1.807) is 10.9 Å². The molecule has 0 aliphatic heterocycles. The minimum absolute atomic E-state index is 0.0378. The smallest absolute Gasteiger partial charge is 0.262 e. The summed E-state index contributed by atoms with van der Waals surface area (Å²) in [5, 5.41) is 2.78. The molecular formula is C25H26N2O2S. The summed E-state index contributed by atoms with van der Waals surface area (Å²) in [6, 6.07) is 14.4. The number of benzene rings is 2. The van der Waals surface area contributed by atoms with E-state index < -0.39 is 0 Å². The van der Waals surface area contributed by atoms with E-state index in [-0.39, 0.29) is 5.56 Å². The molecule has 0 spiro atoms. The van der Waals surface area contributed by atoms with Crippen LogP contribution in [0.25, 0.3) is 21.3 Å². The Morgan fingerprint density at radius 1 is 1.00 bits per heavy atom. The van der Waals surface area contributed by atoms with E-state index >= 15 is 0 Å². The molecule has 4 rings (SSSR count). The van der Waals surface area contributed by atoms with Crippen molar-refractivity contribution in [2.24, 2.45) is 0 Å². The number of hydrogen-bond donors (Lipinski definition) is 0. The van der Waals surface area contributed by atoms with Gasteiger partial charge in [-0.3, -0.25) is 9.36 Å². The van der Waals surface area contributed by atoms with Gasteiger partial charge in [0.1, 0.15) is 10.6 Å². The van der Waals surface area contributed by atoms with Gasteiger partial charge >= 0.3 is 0 Å². The van der Waals surface area contributed by atoms with Gasteiger partial charge in [-0.25, -0.2) is 4.98 Å². The summed E-state index contributed by atoms with van der Waals surface area (Å²) in [5.74, 6) is 0.895. The Labute approximate surface area is 180 Å². The molecule has 0 unspecified atom stereocenters. The fraction of sp³-hybridized carbons (Fsp3) is 0.280. The van der Waals surface area contributed by atoms with Crippen LogP contribution >= 0.6 is 11.3 Å². The third-order valence-corrected chi connectivity index (χ3v) is 6.17. The molecule has 2 heterocycles. The van der Waals surface area contributed by atoms with Crippen LogP contribution in [-0.2, 0) is 6.54 Å². The molecule has 0 N–H and O–H groups in total. The highest BCUT2D eigenvalue weighted by atomic mass is 32.1. The van der Waals surface area contributed by atoms with E-state index in [2.05, 4.69) is 55.4 Å². The van der Waals surface area contributed by atoms with Crippen molar-refractivity contribution >= 4 is 21.6 Å². The van der Waals surface area contributed by atoms with Gasteiger partial charge in [-0.15, -0.1) is 11.3 Å². The van der Waals surface area contributed by atoms with Crippen molar-refractivity contribution in [1.82, 2.24) is 9.55 Å². The Kier molecular flexibility index (Phi) is 6.00. The van der Waals surface area contributed by atoms with Crippen LogP contribution in [0, 0.1) is 20.8 Å². The van der Waals surface area contributed by atoms with Crippen molar-refractivity contribution in [2.75, 3.05) is 6.61 Å². The molecule has 0 saturated carbocycles. The average Bonchev–Trinajstić information content (AvgIpc) is 3.14. The normalized spacial score (nSPS) is 11.2. The fourth-order valence-electron chi connectivity index (χ4n) is 3.72. The third-order valence-electron chi connectivity index (χ3n) is 5.28. The van der Waals surface area contributed by atoms with Crippen LogP contribution < -0.4 is 10.3 Å². The summed E-state index contributed by atoms with van der Waals surface area (Å²) >= 11 is 1.53. The lowest BCUT2D eigenvalue weighted by Gasteiger charge is -2.09. The van der Waals surface area contributed by atoms with Crippen molar-refractivity contribution < 1.29 is 4.74 Å². The molecule has 0 aliphatic rings. The average molecular weight is 419 g/mol. The maximum absolute atomic E-state index is 13.2. The molecule has 0 atom stereocenters. The Hall–Kier alpha value is -2.92. The van der Waals surface area contributed by atoms with Crippen molar-refractivity contribution in [1.29, 1.82) is 0 Å². The van der Waals surface area contributed by atoms with Crippen LogP contribution in [0.1, 0.15) is 29.5 Å². The first kappa shape index (κ1) is 20.4. The largest absolute Gasteiger partial charge is 0.494 e. The SMILES string of the molecule is Cc1cccc(OCCCCn2cnc3scc(-c4ccc(C)cc4C)c3c2=O)c1. The van der Waals surface area contributed by atoms with Gasteiger partial charge in [0, 0.05) is 17.5 Å². The van der Waals surface area contributed by atoms with Crippen LogP contribution in [-0.4, -0.2) is 16.2 Å². The minimum atomic E-state index is 0.0378. The van der Waals surface area contributed by atoms with Gasteiger partial charge in [-0.05, 0) is 62.4 Å². The number of rotatable bonds is 7. The maximum Gasteiger partial charge on any atom is 0.262 e. The monoisotopic (exact) mass is 418 g/mol. The first-order valence-corrected chi connectivity index (χ1v) is 11.1. The number of thiophene rings is 1. The third kappa shape index (κ3) is 4.31. The van der Waals surface area contributed by atoms with Crippen LogP contribution in [0.4, 0.5) is 0 Å². The molecule has 4 nitrogen and oxygen atoms in total. The Morgan fingerprint density at radius 3 is 2.63 bits per heavy atom. The molecule has 2 aromatic carbocycles. The van der Waals surface area contributed by atoms with Gasteiger partial charge in [0.25, 0.3) is 5.56 Å². The molecule has 154 valence electrons. The highest BCUT2D eigenvalue weighted by Crippen LogP contribution is 2.33. The molecule has 0 saturated heterocycles. The second-order valence-electron chi connectivity index (χ2n) is 7.76. The maximum atomic E-state index is 13.2. The summed E-state index contributed by atoms with van der Waals surface area (Å²) in [7, 11) is 0. The number of fused-ring (bicyclic) bond motifs is 1. The zero-order chi connectivity index (χ0) is 21.1. The number of aryl methyl sites for hydroxylation is 4. The zero-order valence-electron chi connectivity index (χ0n) is 17.6. The number of ether oxygens (including phenoxy) is 1. The highest BCUT2D eigenvalue weighted by molar-refractivity contribution is 7.17. The zero-order valence-corrected chi connectivity index (χ0v) is 18.5. The summed E-state index contributed by atoms with van der Waals surface area (Å²) in [4.78, 5) is 18.5. The molecular weight excluding hydrogens is 392 g/mol. The molecule has 0 amide bonds. The standard InChI is InChI=1S/C25H26N2O2S/c1-17-7-6-8-20(14-17)29-12-5-4-11-27-16-26-24-23(25(27)28)22(15-30-24)21-10-9-18(2)13-19(21)3/h6-10,13-16H,4-5,11-12H2,1-3H3. The van der Waals surface area contributed by atoms with E-state index in [4.69, 9.17) is 4.74 Å². The lowest BCUT2D eigenvalue weighted by Crippen LogP contribution is -2.20. The quantitative estimate of drug-likeness (QED) is 0.351. The Morgan fingerprint density at radius 2 is 1.83 bits per heavy atom. The molecule has 0 aliphatic carbocycles. The second-order valence-corrected chi connectivity index (χ2v) is 8.62.